The second-order valence-corrected chi connectivity index (χ2v) is 19.3. The summed E-state index contributed by atoms with van der Waals surface area (Å²) >= 11 is 0. The Bertz CT molecular complexity index is 3420. The highest BCUT2D eigenvalue weighted by Crippen LogP contribution is 2.42. The van der Waals surface area contributed by atoms with Gasteiger partial charge in [0.25, 0.3) is 11.8 Å². The lowest BCUT2D eigenvalue weighted by Crippen LogP contribution is -2.44. The number of anilines is 2. The van der Waals surface area contributed by atoms with Crippen LogP contribution < -0.4 is 32.6 Å². The van der Waals surface area contributed by atoms with Gasteiger partial charge in [-0.3, -0.25) is 33.6 Å². The zero-order valence-electron chi connectivity index (χ0n) is 39.5. The summed E-state index contributed by atoms with van der Waals surface area (Å²) in [7, 11) is 3.24. The minimum atomic E-state index is -4.81. The number of para-hydroxylation sites is 1. The first kappa shape index (κ1) is 47.9. The molecule has 16 nitrogen and oxygen atoms in total. The molecule has 4 aromatic carbocycles. The van der Waals surface area contributed by atoms with Crippen LogP contribution in [0.15, 0.2) is 94.8 Å². The van der Waals surface area contributed by atoms with Crippen molar-refractivity contribution in [2.75, 3.05) is 23.3 Å². The number of hydrogen-bond donors (Lipinski definition) is 3. The lowest BCUT2D eigenvalue weighted by Gasteiger charge is -2.40. The van der Waals surface area contributed by atoms with Crippen LogP contribution in [0.5, 0.6) is 0 Å². The predicted octanol–water partition coefficient (Wildman–Crippen LogP) is 7.45. The molecular weight excluding hydrogens is 937 g/mol. The molecule has 374 valence electrons. The first-order valence-corrected chi connectivity index (χ1v) is 24.1. The van der Waals surface area contributed by atoms with E-state index in [2.05, 4.69) is 20.6 Å². The zero-order valence-corrected chi connectivity index (χ0v) is 39.5. The number of aryl methyl sites for hydroxylation is 3. The molecule has 1 unspecified atom stereocenters. The molecule has 10 rings (SSSR count). The first-order valence-electron chi connectivity index (χ1n) is 24.1. The van der Waals surface area contributed by atoms with Gasteiger partial charge in [0.05, 0.1) is 44.6 Å². The molecule has 3 aliphatic rings. The van der Waals surface area contributed by atoms with Crippen LogP contribution in [-0.4, -0.2) is 64.8 Å². The Morgan fingerprint density at radius 1 is 0.819 bits per heavy atom. The topological polar surface area (TPSA) is 193 Å². The number of imidazole rings is 1. The van der Waals surface area contributed by atoms with E-state index < -0.39 is 46.9 Å². The third kappa shape index (κ3) is 8.86. The number of nitrogens with one attached hydrogen (secondary N) is 2. The van der Waals surface area contributed by atoms with Crippen molar-refractivity contribution in [1.29, 1.82) is 0 Å². The van der Waals surface area contributed by atoms with Gasteiger partial charge in [-0.2, -0.15) is 18.3 Å². The van der Waals surface area contributed by atoms with Gasteiger partial charge in [-0.25, -0.2) is 23.2 Å². The summed E-state index contributed by atoms with van der Waals surface area (Å²) in [5, 5.41) is 9.14. The number of carbonyl (C=O) groups is 4. The Hall–Kier alpha value is -7.77. The summed E-state index contributed by atoms with van der Waals surface area (Å²) in [6.07, 6.45) is 3.52. The average Bonchev–Trinajstić information content (AvgIpc) is 3.99. The number of piperidine rings is 2. The van der Waals surface area contributed by atoms with Crippen LogP contribution >= 0.6 is 0 Å². The number of hydrogen-bond acceptors (Lipinski definition) is 8. The fourth-order valence-corrected chi connectivity index (χ4v) is 11.3. The number of nitrogens with zero attached hydrogens (tertiary/aromatic N) is 7. The monoisotopic (exact) mass is 988 g/mol. The molecule has 0 bridgehead atoms. The van der Waals surface area contributed by atoms with Crippen molar-refractivity contribution in [3.8, 4) is 16.9 Å². The molecule has 4 N–H and O–H groups in total. The van der Waals surface area contributed by atoms with Gasteiger partial charge >= 0.3 is 17.6 Å². The number of halogens is 4. The number of nitrogens with two attached hydrogens (primary N) is 1. The highest BCUT2D eigenvalue weighted by Gasteiger charge is 2.36. The molecule has 20 heteroatoms. The molecule has 0 spiro atoms. The Balaban J connectivity index is 0.883. The summed E-state index contributed by atoms with van der Waals surface area (Å²) < 4.78 is 65.6. The first-order chi connectivity index (χ1) is 34.4. The van der Waals surface area contributed by atoms with Crippen molar-refractivity contribution in [3.05, 3.63) is 129 Å². The molecule has 2 aliphatic heterocycles. The van der Waals surface area contributed by atoms with Crippen LogP contribution in [-0.2, 0) is 36.4 Å². The molecule has 3 aromatic heterocycles. The molecular formula is C52H52F4N10O6. The lowest BCUT2D eigenvalue weighted by atomic mass is 9.72. The van der Waals surface area contributed by atoms with Crippen LogP contribution in [0.2, 0.25) is 0 Å². The van der Waals surface area contributed by atoms with E-state index in [9.17, 15) is 46.3 Å². The molecule has 3 fully saturated rings. The fourth-order valence-electron chi connectivity index (χ4n) is 11.3. The number of carbonyl (C=O) groups excluding carboxylic acids is 4. The summed E-state index contributed by atoms with van der Waals surface area (Å²) in [4.78, 5) is 79.4. The van der Waals surface area contributed by atoms with Gasteiger partial charge in [-0.15, -0.1) is 0 Å². The van der Waals surface area contributed by atoms with E-state index >= 15 is 0 Å². The molecule has 1 aliphatic carbocycles. The van der Waals surface area contributed by atoms with Gasteiger partial charge in [0, 0.05) is 56.9 Å². The van der Waals surface area contributed by atoms with E-state index in [1.165, 1.54) is 33.3 Å². The van der Waals surface area contributed by atoms with E-state index in [0.29, 0.717) is 47.3 Å². The maximum atomic E-state index is 14.6. The molecule has 4 amide bonds. The quantitative estimate of drug-likeness (QED) is 0.0879. The summed E-state index contributed by atoms with van der Waals surface area (Å²) in [5.74, 6) is -2.43. The minimum Gasteiger partial charge on any atom is -0.370 e. The Morgan fingerprint density at radius 3 is 2.21 bits per heavy atom. The Morgan fingerprint density at radius 2 is 1.54 bits per heavy atom. The van der Waals surface area contributed by atoms with E-state index in [4.69, 9.17) is 5.73 Å². The highest BCUT2D eigenvalue weighted by atomic mass is 19.4. The molecule has 0 radical (unpaired) electrons. The summed E-state index contributed by atoms with van der Waals surface area (Å²) in [6, 6.07) is 18.6. The van der Waals surface area contributed by atoms with Crippen molar-refractivity contribution in [2.24, 2.45) is 37.6 Å². The number of imide groups is 1. The Kier molecular flexibility index (Phi) is 12.5. The van der Waals surface area contributed by atoms with Crippen molar-refractivity contribution < 1.29 is 36.7 Å². The van der Waals surface area contributed by atoms with Crippen LogP contribution in [0.4, 0.5) is 28.9 Å². The SMILES string of the molecule is Cn1ncn(-c2ccc(-c3cc4cc(C(F)(F)F)cc(C(=O)Nc5ccc(F)c(C(N)=O)c5)c4n3CCC3CCC(C4CCN(c5cccc6c5n(C)c(=O)n6C5CCC(=O)NC5=O)CC4)CC3)cc2)c1=O. The van der Waals surface area contributed by atoms with Crippen molar-refractivity contribution in [2.45, 2.75) is 76.6 Å². The van der Waals surface area contributed by atoms with Crippen LogP contribution in [0.1, 0.15) is 90.1 Å². The maximum absolute atomic E-state index is 14.6. The fraction of sp³-hybridized carbons (Fsp3) is 0.365. The van der Waals surface area contributed by atoms with Gasteiger partial charge in [-0.1, -0.05) is 31.0 Å². The molecule has 72 heavy (non-hydrogen) atoms. The number of primary amides is 1. The number of rotatable bonds is 11. The molecule has 5 heterocycles. The average molecular weight is 989 g/mol. The van der Waals surface area contributed by atoms with Crippen LogP contribution in [0.25, 0.3) is 38.9 Å². The van der Waals surface area contributed by atoms with Gasteiger partial charge < -0.3 is 20.5 Å². The largest absolute Gasteiger partial charge is 0.416 e. The lowest BCUT2D eigenvalue weighted by molar-refractivity contribution is -0.138. The molecule has 2 saturated heterocycles. The third-order valence-electron chi connectivity index (χ3n) is 15.1. The number of alkyl halides is 3. The van der Waals surface area contributed by atoms with E-state index in [0.717, 1.165) is 87.1 Å². The second-order valence-electron chi connectivity index (χ2n) is 19.3. The summed E-state index contributed by atoms with van der Waals surface area (Å²) in [5.41, 5.74) is 7.17. The Labute approximate surface area is 409 Å². The maximum Gasteiger partial charge on any atom is 0.416 e. The molecule has 1 atom stereocenters. The standard InChI is InChI=1S/C52H52F4N10O6/c1-61-46-40(4-3-5-41(46)66(50(61)71)42-16-17-44(67)60-49(42)70)63-21-19-31(20-22-63)30-8-6-29(7-9-30)18-23-64-43(32-10-13-36(14-11-32)65-28-58-62(2)51(65)72)25-33-24-34(52(54,55)56)26-38(45(33)64)48(69)59-35-12-15-39(53)37(27-35)47(57)68/h3-5,10-15,24-31,42H,6-9,16-23H2,1-2H3,(H2,57,68)(H,59,69)(H,60,67,70). The van der Waals surface area contributed by atoms with Crippen LogP contribution in [0.3, 0.4) is 0 Å². The van der Waals surface area contributed by atoms with E-state index in [-0.39, 0.29) is 58.2 Å². The van der Waals surface area contributed by atoms with E-state index in [1.54, 1.807) is 41.9 Å². The van der Waals surface area contributed by atoms with E-state index in [1.807, 2.05) is 22.8 Å². The number of benzene rings is 4. The van der Waals surface area contributed by atoms with Crippen molar-refractivity contribution in [3.63, 3.8) is 0 Å². The third-order valence-corrected chi connectivity index (χ3v) is 15.1. The van der Waals surface area contributed by atoms with Crippen molar-refractivity contribution in [1.82, 2.24) is 33.4 Å². The predicted molar refractivity (Wildman–Crippen MR) is 261 cm³/mol. The van der Waals surface area contributed by atoms with Crippen LogP contribution in [0, 0.1) is 23.6 Å². The van der Waals surface area contributed by atoms with Gasteiger partial charge in [0.1, 0.15) is 18.2 Å². The number of aromatic nitrogens is 6. The van der Waals surface area contributed by atoms with Gasteiger partial charge in [-0.05, 0) is 123 Å². The number of fused-ring (bicyclic) bond motifs is 2. The molecule has 7 aromatic rings. The molecule has 1 saturated carbocycles. The number of amides is 4. The van der Waals surface area contributed by atoms with Crippen molar-refractivity contribution >= 4 is 56.9 Å². The second kappa shape index (κ2) is 18.8. The van der Waals surface area contributed by atoms with Gasteiger partial charge in [0.15, 0.2) is 0 Å². The smallest absolute Gasteiger partial charge is 0.370 e. The minimum absolute atomic E-state index is 0.0335. The zero-order chi connectivity index (χ0) is 50.7. The summed E-state index contributed by atoms with van der Waals surface area (Å²) in [6.45, 7) is 1.96. The normalized spacial score (nSPS) is 19.0. The highest BCUT2D eigenvalue weighted by molar-refractivity contribution is 6.13. The van der Waals surface area contributed by atoms with Gasteiger partial charge in [0.2, 0.25) is 11.8 Å².